The Kier molecular flexibility index (Phi) is 2.13. The Balaban J connectivity index is 1.75. The van der Waals surface area contributed by atoms with Gasteiger partial charge in [-0.15, -0.1) is 0 Å². The lowest BCUT2D eigenvalue weighted by molar-refractivity contribution is -0.0373. The van der Waals surface area contributed by atoms with E-state index in [4.69, 9.17) is 4.74 Å². The van der Waals surface area contributed by atoms with Gasteiger partial charge in [-0.05, 0) is 24.7 Å². The first kappa shape index (κ1) is 8.52. The maximum atomic E-state index is 5.92. The van der Waals surface area contributed by atoms with E-state index in [2.05, 4.69) is 19.2 Å². The standard InChI is InChI=1S/C10H19NO/c1-10(2)4-3-8(5-10)12-9-6-11-7-9/h8-9,11H,3-7H2,1-2H3. The SMILES string of the molecule is CC1(C)CCC(OC2CNC2)C1. The van der Waals surface area contributed by atoms with E-state index in [-0.39, 0.29) is 0 Å². The number of rotatable bonds is 2. The van der Waals surface area contributed by atoms with E-state index in [1.54, 1.807) is 0 Å². The van der Waals surface area contributed by atoms with Gasteiger partial charge in [0.15, 0.2) is 0 Å². The second-order valence-corrected chi connectivity index (χ2v) is 4.95. The second-order valence-electron chi connectivity index (χ2n) is 4.95. The molecule has 1 aliphatic heterocycles. The molecule has 1 N–H and O–H groups in total. The van der Waals surface area contributed by atoms with Gasteiger partial charge < -0.3 is 10.1 Å². The van der Waals surface area contributed by atoms with Crippen LogP contribution in [-0.4, -0.2) is 25.3 Å². The van der Waals surface area contributed by atoms with Gasteiger partial charge in [0.25, 0.3) is 0 Å². The molecule has 0 spiro atoms. The van der Waals surface area contributed by atoms with Crippen LogP contribution in [0.3, 0.4) is 0 Å². The highest BCUT2D eigenvalue weighted by atomic mass is 16.5. The van der Waals surface area contributed by atoms with Gasteiger partial charge in [0.2, 0.25) is 0 Å². The van der Waals surface area contributed by atoms with E-state index in [1.165, 1.54) is 19.3 Å². The van der Waals surface area contributed by atoms with Gasteiger partial charge in [-0.1, -0.05) is 13.8 Å². The third kappa shape index (κ3) is 1.80. The third-order valence-electron chi connectivity index (χ3n) is 3.05. The van der Waals surface area contributed by atoms with Crippen LogP contribution >= 0.6 is 0 Å². The Bertz CT molecular complexity index is 163. The molecule has 1 heterocycles. The number of hydrogen-bond donors (Lipinski definition) is 1. The zero-order valence-corrected chi connectivity index (χ0v) is 8.10. The Hall–Kier alpha value is -0.0800. The molecule has 0 aromatic rings. The number of ether oxygens (including phenoxy) is 1. The summed E-state index contributed by atoms with van der Waals surface area (Å²) in [5, 5.41) is 3.23. The summed E-state index contributed by atoms with van der Waals surface area (Å²) in [6.45, 7) is 6.82. The molecule has 2 aliphatic rings. The minimum absolute atomic E-state index is 0.518. The summed E-state index contributed by atoms with van der Waals surface area (Å²) in [5.41, 5.74) is 0.530. The highest BCUT2D eigenvalue weighted by Gasteiger charge is 2.33. The lowest BCUT2D eigenvalue weighted by Crippen LogP contribution is -2.49. The zero-order chi connectivity index (χ0) is 8.60. The Morgan fingerprint density at radius 3 is 2.42 bits per heavy atom. The first-order chi connectivity index (χ1) is 5.66. The predicted octanol–water partition coefficient (Wildman–Crippen LogP) is 1.55. The van der Waals surface area contributed by atoms with Crippen LogP contribution in [0.2, 0.25) is 0 Å². The van der Waals surface area contributed by atoms with Crippen molar-refractivity contribution in [1.29, 1.82) is 0 Å². The molecule has 0 bridgehead atoms. The van der Waals surface area contributed by atoms with Gasteiger partial charge in [-0.3, -0.25) is 0 Å². The van der Waals surface area contributed by atoms with Gasteiger partial charge in [0.05, 0.1) is 12.2 Å². The molecular weight excluding hydrogens is 150 g/mol. The molecule has 0 amide bonds. The van der Waals surface area contributed by atoms with E-state index in [1.807, 2.05) is 0 Å². The topological polar surface area (TPSA) is 21.3 Å². The summed E-state index contributed by atoms with van der Waals surface area (Å²) in [6.07, 6.45) is 4.92. The molecule has 12 heavy (non-hydrogen) atoms. The maximum Gasteiger partial charge on any atom is 0.0827 e. The highest BCUT2D eigenvalue weighted by Crippen LogP contribution is 2.38. The lowest BCUT2D eigenvalue weighted by atomic mass is 9.92. The fourth-order valence-corrected chi connectivity index (χ4v) is 2.12. The summed E-state index contributed by atoms with van der Waals surface area (Å²) < 4.78 is 5.92. The van der Waals surface area contributed by atoms with Crippen molar-refractivity contribution in [1.82, 2.24) is 5.32 Å². The van der Waals surface area contributed by atoms with Gasteiger partial charge in [-0.25, -0.2) is 0 Å². The zero-order valence-electron chi connectivity index (χ0n) is 8.10. The average Bonchev–Trinajstić information content (AvgIpc) is 2.21. The lowest BCUT2D eigenvalue weighted by Gasteiger charge is -2.30. The Labute approximate surface area is 74.7 Å². The quantitative estimate of drug-likeness (QED) is 0.677. The Morgan fingerprint density at radius 1 is 1.25 bits per heavy atom. The van der Waals surface area contributed by atoms with E-state index >= 15 is 0 Å². The van der Waals surface area contributed by atoms with Crippen LogP contribution in [0.25, 0.3) is 0 Å². The fraction of sp³-hybridized carbons (Fsp3) is 1.00. The molecule has 0 aromatic carbocycles. The van der Waals surface area contributed by atoms with E-state index in [9.17, 15) is 0 Å². The molecule has 1 aliphatic carbocycles. The molecule has 1 atom stereocenters. The van der Waals surface area contributed by atoms with Gasteiger partial charge >= 0.3 is 0 Å². The molecule has 2 fully saturated rings. The monoisotopic (exact) mass is 169 g/mol. The summed E-state index contributed by atoms with van der Waals surface area (Å²) in [5.74, 6) is 0. The Morgan fingerprint density at radius 2 is 2.00 bits per heavy atom. The molecule has 2 heteroatoms. The molecule has 70 valence electrons. The molecule has 1 saturated carbocycles. The molecule has 0 aromatic heterocycles. The van der Waals surface area contributed by atoms with Crippen molar-refractivity contribution in [2.24, 2.45) is 5.41 Å². The van der Waals surface area contributed by atoms with Crippen molar-refractivity contribution in [3.63, 3.8) is 0 Å². The smallest absolute Gasteiger partial charge is 0.0827 e. The first-order valence-electron chi connectivity index (χ1n) is 5.02. The summed E-state index contributed by atoms with van der Waals surface area (Å²) >= 11 is 0. The van der Waals surface area contributed by atoms with Crippen molar-refractivity contribution in [2.45, 2.75) is 45.3 Å². The minimum Gasteiger partial charge on any atom is -0.372 e. The largest absolute Gasteiger partial charge is 0.372 e. The van der Waals surface area contributed by atoms with Crippen molar-refractivity contribution < 1.29 is 4.74 Å². The summed E-state index contributed by atoms with van der Waals surface area (Å²) in [6, 6.07) is 0. The van der Waals surface area contributed by atoms with Crippen molar-refractivity contribution in [2.75, 3.05) is 13.1 Å². The average molecular weight is 169 g/mol. The van der Waals surface area contributed by atoms with Crippen molar-refractivity contribution in [3.8, 4) is 0 Å². The van der Waals surface area contributed by atoms with Crippen LogP contribution < -0.4 is 5.32 Å². The van der Waals surface area contributed by atoms with Crippen LogP contribution in [0.1, 0.15) is 33.1 Å². The molecule has 2 nitrogen and oxygen atoms in total. The van der Waals surface area contributed by atoms with E-state index < -0.39 is 0 Å². The van der Waals surface area contributed by atoms with Crippen LogP contribution in [0.15, 0.2) is 0 Å². The van der Waals surface area contributed by atoms with E-state index in [0.29, 0.717) is 17.6 Å². The first-order valence-corrected chi connectivity index (χ1v) is 5.02. The van der Waals surface area contributed by atoms with Crippen LogP contribution in [-0.2, 0) is 4.74 Å². The number of nitrogens with one attached hydrogen (secondary N) is 1. The summed E-state index contributed by atoms with van der Waals surface area (Å²) in [7, 11) is 0. The highest BCUT2D eigenvalue weighted by molar-refractivity contribution is 4.85. The van der Waals surface area contributed by atoms with E-state index in [0.717, 1.165) is 13.1 Å². The maximum absolute atomic E-state index is 5.92. The van der Waals surface area contributed by atoms with Crippen molar-refractivity contribution >= 4 is 0 Å². The third-order valence-corrected chi connectivity index (χ3v) is 3.05. The van der Waals surface area contributed by atoms with Gasteiger partial charge in [0, 0.05) is 13.1 Å². The van der Waals surface area contributed by atoms with Gasteiger partial charge in [0.1, 0.15) is 0 Å². The van der Waals surface area contributed by atoms with Crippen molar-refractivity contribution in [3.05, 3.63) is 0 Å². The molecule has 0 radical (unpaired) electrons. The number of hydrogen-bond acceptors (Lipinski definition) is 2. The molecule has 1 unspecified atom stereocenters. The fourth-order valence-electron chi connectivity index (χ4n) is 2.12. The molecule has 1 saturated heterocycles. The second kappa shape index (κ2) is 3.00. The van der Waals surface area contributed by atoms with Crippen LogP contribution in [0.5, 0.6) is 0 Å². The van der Waals surface area contributed by atoms with Crippen LogP contribution in [0, 0.1) is 5.41 Å². The predicted molar refractivity (Wildman–Crippen MR) is 49.2 cm³/mol. The molecular formula is C10H19NO. The van der Waals surface area contributed by atoms with Crippen LogP contribution in [0.4, 0.5) is 0 Å². The normalized spacial score (nSPS) is 35.0. The molecule has 2 rings (SSSR count). The summed E-state index contributed by atoms with van der Waals surface area (Å²) in [4.78, 5) is 0. The minimum atomic E-state index is 0.518. The van der Waals surface area contributed by atoms with Gasteiger partial charge in [-0.2, -0.15) is 0 Å².